The zero-order valence-electron chi connectivity index (χ0n) is 11.9. The SMILES string of the molecule is Clc1cc(Cl)c2c(c1)C(NC1CCN(C3CC3)C1)CCO2. The molecule has 0 bridgehead atoms. The molecule has 0 amide bonds. The van der Waals surface area contributed by atoms with Crippen LogP contribution in [0.5, 0.6) is 5.75 Å². The fraction of sp³-hybridized carbons (Fsp3) is 0.625. The number of ether oxygens (including phenoxy) is 1. The Balaban J connectivity index is 1.49. The first-order chi connectivity index (χ1) is 10.2. The van der Waals surface area contributed by atoms with Crippen LogP contribution in [0.25, 0.3) is 0 Å². The molecule has 1 aromatic carbocycles. The Morgan fingerprint density at radius 2 is 2.00 bits per heavy atom. The number of nitrogens with zero attached hydrogens (tertiary/aromatic N) is 1. The maximum atomic E-state index is 6.26. The van der Waals surface area contributed by atoms with Crippen molar-refractivity contribution in [2.45, 2.75) is 43.8 Å². The summed E-state index contributed by atoms with van der Waals surface area (Å²) in [7, 11) is 0. The molecule has 1 aliphatic carbocycles. The van der Waals surface area contributed by atoms with Gasteiger partial charge in [0.25, 0.3) is 0 Å². The van der Waals surface area contributed by atoms with E-state index in [1.54, 1.807) is 6.07 Å². The van der Waals surface area contributed by atoms with Gasteiger partial charge in [0.1, 0.15) is 5.75 Å². The lowest BCUT2D eigenvalue weighted by atomic mass is 9.99. The number of rotatable bonds is 3. The quantitative estimate of drug-likeness (QED) is 0.917. The molecule has 2 atom stereocenters. The van der Waals surface area contributed by atoms with Gasteiger partial charge < -0.3 is 10.1 Å². The Morgan fingerprint density at radius 1 is 1.14 bits per heavy atom. The summed E-state index contributed by atoms with van der Waals surface area (Å²) in [6.07, 6.45) is 4.98. The Labute approximate surface area is 135 Å². The van der Waals surface area contributed by atoms with Crippen LogP contribution in [0.2, 0.25) is 10.0 Å². The van der Waals surface area contributed by atoms with Crippen molar-refractivity contribution < 1.29 is 4.74 Å². The van der Waals surface area contributed by atoms with E-state index in [0.29, 0.717) is 28.7 Å². The van der Waals surface area contributed by atoms with Crippen LogP contribution in [-0.2, 0) is 0 Å². The molecular weight excluding hydrogens is 307 g/mol. The van der Waals surface area contributed by atoms with Crippen molar-refractivity contribution in [3.63, 3.8) is 0 Å². The van der Waals surface area contributed by atoms with Gasteiger partial charge in [-0.2, -0.15) is 0 Å². The van der Waals surface area contributed by atoms with Crippen LogP contribution in [0.3, 0.4) is 0 Å². The van der Waals surface area contributed by atoms with Crippen molar-refractivity contribution in [2.24, 2.45) is 0 Å². The third-order valence-electron chi connectivity index (χ3n) is 4.79. The van der Waals surface area contributed by atoms with E-state index < -0.39 is 0 Å². The number of benzene rings is 1. The normalized spacial score (nSPS) is 29.2. The summed E-state index contributed by atoms with van der Waals surface area (Å²) >= 11 is 12.4. The number of nitrogens with one attached hydrogen (secondary N) is 1. The van der Waals surface area contributed by atoms with Crippen LogP contribution in [-0.4, -0.2) is 36.7 Å². The minimum absolute atomic E-state index is 0.300. The van der Waals surface area contributed by atoms with Crippen molar-refractivity contribution >= 4 is 23.2 Å². The molecule has 1 saturated heterocycles. The second-order valence-electron chi connectivity index (χ2n) is 6.37. The van der Waals surface area contributed by atoms with E-state index in [0.717, 1.165) is 23.8 Å². The molecule has 4 rings (SSSR count). The molecule has 1 aromatic rings. The first-order valence-corrected chi connectivity index (χ1v) is 8.58. The zero-order chi connectivity index (χ0) is 14.4. The van der Waals surface area contributed by atoms with Gasteiger partial charge in [0.15, 0.2) is 0 Å². The van der Waals surface area contributed by atoms with Crippen LogP contribution in [0, 0.1) is 0 Å². The zero-order valence-corrected chi connectivity index (χ0v) is 13.5. The van der Waals surface area contributed by atoms with Gasteiger partial charge in [-0.05, 0) is 31.4 Å². The first kappa shape index (κ1) is 14.1. The number of hydrogen-bond acceptors (Lipinski definition) is 3. The number of halogens is 2. The fourth-order valence-electron chi connectivity index (χ4n) is 3.58. The summed E-state index contributed by atoms with van der Waals surface area (Å²) in [6, 6.07) is 5.48. The second kappa shape index (κ2) is 5.62. The third-order valence-corrected chi connectivity index (χ3v) is 5.28. The minimum Gasteiger partial charge on any atom is -0.492 e. The molecule has 2 unspecified atom stereocenters. The molecule has 0 spiro atoms. The average Bonchev–Trinajstić information content (AvgIpc) is 3.20. The molecule has 21 heavy (non-hydrogen) atoms. The van der Waals surface area contributed by atoms with Gasteiger partial charge in [-0.3, -0.25) is 4.90 Å². The van der Waals surface area contributed by atoms with Crippen LogP contribution in [0.1, 0.15) is 37.3 Å². The molecule has 0 radical (unpaired) electrons. The molecule has 2 heterocycles. The molecule has 5 heteroatoms. The van der Waals surface area contributed by atoms with E-state index in [2.05, 4.69) is 10.2 Å². The van der Waals surface area contributed by atoms with Gasteiger partial charge in [-0.25, -0.2) is 0 Å². The van der Waals surface area contributed by atoms with Gasteiger partial charge in [-0.15, -0.1) is 0 Å². The van der Waals surface area contributed by atoms with E-state index in [9.17, 15) is 0 Å². The van der Waals surface area contributed by atoms with Crippen molar-refractivity contribution in [2.75, 3.05) is 19.7 Å². The maximum Gasteiger partial charge on any atom is 0.142 e. The highest BCUT2D eigenvalue weighted by Gasteiger charge is 2.35. The van der Waals surface area contributed by atoms with Crippen molar-refractivity contribution in [1.82, 2.24) is 10.2 Å². The number of likely N-dealkylation sites (tertiary alicyclic amines) is 1. The Morgan fingerprint density at radius 3 is 2.81 bits per heavy atom. The second-order valence-corrected chi connectivity index (χ2v) is 7.22. The first-order valence-electron chi connectivity index (χ1n) is 7.82. The number of hydrogen-bond donors (Lipinski definition) is 1. The highest BCUT2D eigenvalue weighted by molar-refractivity contribution is 6.35. The van der Waals surface area contributed by atoms with Gasteiger partial charge in [0, 0.05) is 48.2 Å². The van der Waals surface area contributed by atoms with E-state index in [1.807, 2.05) is 6.07 Å². The van der Waals surface area contributed by atoms with Crippen LogP contribution < -0.4 is 10.1 Å². The Bertz CT molecular complexity index is 547. The minimum atomic E-state index is 0.300. The topological polar surface area (TPSA) is 24.5 Å². The molecule has 1 saturated carbocycles. The lowest BCUT2D eigenvalue weighted by Gasteiger charge is -2.30. The summed E-state index contributed by atoms with van der Waals surface area (Å²) in [4.78, 5) is 2.63. The van der Waals surface area contributed by atoms with Gasteiger partial charge in [-0.1, -0.05) is 23.2 Å². The molecule has 3 nitrogen and oxygen atoms in total. The summed E-state index contributed by atoms with van der Waals surface area (Å²) in [5.41, 5.74) is 1.11. The standard InChI is InChI=1S/C16H20Cl2N2O/c17-10-7-13-15(4-6-21-16(13)14(18)8-10)19-11-3-5-20(9-11)12-1-2-12/h7-8,11-12,15,19H,1-6,9H2. The summed E-state index contributed by atoms with van der Waals surface area (Å²) < 4.78 is 5.73. The molecular formula is C16H20Cl2N2O. The van der Waals surface area contributed by atoms with Crippen LogP contribution in [0.4, 0.5) is 0 Å². The monoisotopic (exact) mass is 326 g/mol. The van der Waals surface area contributed by atoms with E-state index in [4.69, 9.17) is 27.9 Å². The van der Waals surface area contributed by atoms with Gasteiger partial charge >= 0.3 is 0 Å². The average molecular weight is 327 g/mol. The summed E-state index contributed by atoms with van der Waals surface area (Å²) in [5, 5.41) is 5.10. The third kappa shape index (κ3) is 2.89. The highest BCUT2D eigenvalue weighted by Crippen LogP contribution is 2.40. The Kier molecular flexibility index (Phi) is 3.78. The predicted octanol–water partition coefficient (Wildman–Crippen LogP) is 3.64. The largest absolute Gasteiger partial charge is 0.492 e. The van der Waals surface area contributed by atoms with Crippen molar-refractivity contribution in [3.8, 4) is 5.75 Å². The molecule has 3 aliphatic rings. The summed E-state index contributed by atoms with van der Waals surface area (Å²) in [6.45, 7) is 3.12. The molecule has 2 fully saturated rings. The number of fused-ring (bicyclic) bond motifs is 1. The van der Waals surface area contributed by atoms with Crippen LogP contribution >= 0.6 is 23.2 Å². The molecule has 1 N–H and O–H groups in total. The lowest BCUT2D eigenvalue weighted by molar-refractivity contribution is 0.241. The Hall–Kier alpha value is -0.480. The maximum absolute atomic E-state index is 6.26. The van der Waals surface area contributed by atoms with Gasteiger partial charge in [0.2, 0.25) is 0 Å². The van der Waals surface area contributed by atoms with E-state index >= 15 is 0 Å². The summed E-state index contributed by atoms with van der Waals surface area (Å²) in [5.74, 6) is 0.807. The molecule has 2 aliphatic heterocycles. The lowest BCUT2D eigenvalue weighted by Crippen LogP contribution is -2.38. The molecule has 114 valence electrons. The molecule has 0 aromatic heterocycles. The highest BCUT2D eigenvalue weighted by atomic mass is 35.5. The van der Waals surface area contributed by atoms with E-state index in [-0.39, 0.29) is 0 Å². The van der Waals surface area contributed by atoms with E-state index in [1.165, 1.54) is 32.4 Å². The predicted molar refractivity (Wildman–Crippen MR) is 85.5 cm³/mol. The van der Waals surface area contributed by atoms with Crippen molar-refractivity contribution in [1.29, 1.82) is 0 Å². The van der Waals surface area contributed by atoms with Crippen molar-refractivity contribution in [3.05, 3.63) is 27.7 Å². The van der Waals surface area contributed by atoms with Crippen LogP contribution in [0.15, 0.2) is 12.1 Å². The fourth-order valence-corrected chi connectivity index (χ4v) is 4.14. The van der Waals surface area contributed by atoms with Gasteiger partial charge in [0.05, 0.1) is 11.6 Å². The smallest absolute Gasteiger partial charge is 0.142 e.